The number of carbonyl (C=O) groups is 2. The van der Waals surface area contributed by atoms with E-state index < -0.39 is 5.97 Å². The molecule has 1 heterocycles. The van der Waals surface area contributed by atoms with Gasteiger partial charge in [0.05, 0.1) is 19.8 Å². The van der Waals surface area contributed by atoms with E-state index in [1.807, 2.05) is 25.1 Å². The molecule has 6 nitrogen and oxygen atoms in total. The summed E-state index contributed by atoms with van der Waals surface area (Å²) in [5.74, 6) is -0.237. The van der Waals surface area contributed by atoms with Crippen molar-refractivity contribution in [2.24, 2.45) is 0 Å². The molecule has 3 rings (SSSR count). The maximum absolute atomic E-state index is 12.2. The van der Waals surface area contributed by atoms with Crippen LogP contribution >= 0.6 is 0 Å². The van der Waals surface area contributed by atoms with Crippen LogP contribution in [0.5, 0.6) is 5.75 Å². The minimum absolute atomic E-state index is 0.157. The SMILES string of the molecule is COC(=O)c1ccc(N/C=C2\C(=O)Nc3cccc(C)c32)cc1OC. The van der Waals surface area contributed by atoms with Crippen molar-refractivity contribution in [3.63, 3.8) is 0 Å². The molecule has 0 aromatic heterocycles. The molecular formula is C19H18N2O4. The molecule has 1 aliphatic rings. The summed E-state index contributed by atoms with van der Waals surface area (Å²) in [7, 11) is 2.80. The molecule has 6 heteroatoms. The number of esters is 1. The zero-order valence-electron chi connectivity index (χ0n) is 14.2. The molecule has 2 aromatic carbocycles. The summed E-state index contributed by atoms with van der Waals surface area (Å²) in [6.45, 7) is 1.96. The van der Waals surface area contributed by atoms with Crippen molar-refractivity contribution in [3.8, 4) is 5.75 Å². The predicted molar refractivity (Wildman–Crippen MR) is 95.7 cm³/mol. The molecule has 0 bridgehead atoms. The molecule has 0 aliphatic carbocycles. The minimum Gasteiger partial charge on any atom is -0.496 e. The Morgan fingerprint density at radius 3 is 2.72 bits per heavy atom. The first-order valence-corrected chi connectivity index (χ1v) is 7.69. The lowest BCUT2D eigenvalue weighted by Crippen LogP contribution is -2.06. The van der Waals surface area contributed by atoms with Gasteiger partial charge in [-0.25, -0.2) is 4.79 Å². The number of hydrogen-bond acceptors (Lipinski definition) is 5. The third-order valence-electron chi connectivity index (χ3n) is 4.02. The summed E-state index contributed by atoms with van der Waals surface area (Å²) in [6.07, 6.45) is 1.65. The number of anilines is 2. The monoisotopic (exact) mass is 338 g/mol. The summed E-state index contributed by atoms with van der Waals surface area (Å²) < 4.78 is 9.96. The second-order valence-electron chi connectivity index (χ2n) is 5.56. The molecule has 0 atom stereocenters. The average Bonchev–Trinajstić information content (AvgIpc) is 2.95. The van der Waals surface area contributed by atoms with Gasteiger partial charge in [-0.1, -0.05) is 12.1 Å². The highest BCUT2D eigenvalue weighted by molar-refractivity contribution is 6.32. The van der Waals surface area contributed by atoms with E-state index in [0.717, 1.165) is 16.8 Å². The van der Waals surface area contributed by atoms with Gasteiger partial charge in [-0.3, -0.25) is 4.79 Å². The van der Waals surface area contributed by atoms with E-state index in [9.17, 15) is 9.59 Å². The van der Waals surface area contributed by atoms with Crippen molar-refractivity contribution in [2.45, 2.75) is 6.92 Å². The third-order valence-corrected chi connectivity index (χ3v) is 4.02. The summed E-state index contributed by atoms with van der Waals surface area (Å²) in [6, 6.07) is 10.7. The van der Waals surface area contributed by atoms with Crippen LogP contribution in [0.15, 0.2) is 42.6 Å². The number of rotatable bonds is 4. The van der Waals surface area contributed by atoms with Crippen LogP contribution in [0.4, 0.5) is 11.4 Å². The number of nitrogens with one attached hydrogen (secondary N) is 2. The highest BCUT2D eigenvalue weighted by Gasteiger charge is 2.25. The normalized spacial score (nSPS) is 14.0. The first-order valence-electron chi connectivity index (χ1n) is 7.69. The van der Waals surface area contributed by atoms with Gasteiger partial charge in [-0.05, 0) is 30.7 Å². The van der Waals surface area contributed by atoms with Crippen LogP contribution in [0.3, 0.4) is 0 Å². The summed E-state index contributed by atoms with van der Waals surface area (Å²) >= 11 is 0. The molecule has 128 valence electrons. The van der Waals surface area contributed by atoms with Crippen LogP contribution in [-0.4, -0.2) is 26.1 Å². The number of ether oxygens (including phenoxy) is 2. The molecule has 0 saturated heterocycles. The van der Waals surface area contributed by atoms with Crippen molar-refractivity contribution in [1.82, 2.24) is 0 Å². The fourth-order valence-electron chi connectivity index (χ4n) is 2.79. The van der Waals surface area contributed by atoms with Crippen molar-refractivity contribution in [2.75, 3.05) is 24.9 Å². The molecular weight excluding hydrogens is 320 g/mol. The van der Waals surface area contributed by atoms with E-state index in [4.69, 9.17) is 9.47 Å². The Bertz CT molecular complexity index is 887. The van der Waals surface area contributed by atoms with E-state index in [2.05, 4.69) is 10.6 Å². The maximum atomic E-state index is 12.2. The Hall–Kier alpha value is -3.28. The van der Waals surface area contributed by atoms with Crippen LogP contribution in [0.25, 0.3) is 5.57 Å². The maximum Gasteiger partial charge on any atom is 0.341 e. The van der Waals surface area contributed by atoms with Gasteiger partial charge in [-0.2, -0.15) is 0 Å². The van der Waals surface area contributed by atoms with Gasteiger partial charge in [0.1, 0.15) is 11.3 Å². The van der Waals surface area contributed by atoms with E-state index in [1.165, 1.54) is 14.2 Å². The van der Waals surface area contributed by atoms with Crippen LogP contribution in [0, 0.1) is 6.92 Å². The second-order valence-corrected chi connectivity index (χ2v) is 5.56. The zero-order chi connectivity index (χ0) is 18.0. The van der Waals surface area contributed by atoms with Gasteiger partial charge >= 0.3 is 5.97 Å². The molecule has 2 aromatic rings. The van der Waals surface area contributed by atoms with Crippen LogP contribution < -0.4 is 15.4 Å². The number of hydrogen-bond donors (Lipinski definition) is 2. The fourth-order valence-corrected chi connectivity index (χ4v) is 2.79. The molecule has 0 unspecified atom stereocenters. The van der Waals surface area contributed by atoms with Crippen molar-refractivity contribution in [1.29, 1.82) is 0 Å². The summed E-state index contributed by atoms with van der Waals surface area (Å²) in [5, 5.41) is 5.93. The van der Waals surface area contributed by atoms with E-state index in [1.54, 1.807) is 24.4 Å². The van der Waals surface area contributed by atoms with Crippen molar-refractivity contribution < 1.29 is 19.1 Å². The van der Waals surface area contributed by atoms with Gasteiger partial charge in [0.15, 0.2) is 0 Å². The highest BCUT2D eigenvalue weighted by atomic mass is 16.5. The van der Waals surface area contributed by atoms with Gasteiger partial charge in [0, 0.05) is 29.2 Å². The Morgan fingerprint density at radius 2 is 2.00 bits per heavy atom. The fraction of sp³-hybridized carbons (Fsp3) is 0.158. The first-order chi connectivity index (χ1) is 12.0. The topological polar surface area (TPSA) is 76.7 Å². The van der Waals surface area contributed by atoms with Gasteiger partial charge in [0.25, 0.3) is 5.91 Å². The molecule has 0 radical (unpaired) electrons. The van der Waals surface area contributed by atoms with E-state index >= 15 is 0 Å². The second kappa shape index (κ2) is 6.68. The lowest BCUT2D eigenvalue weighted by Gasteiger charge is -2.10. The van der Waals surface area contributed by atoms with Gasteiger partial charge in [0.2, 0.25) is 0 Å². The van der Waals surface area contributed by atoms with Crippen molar-refractivity contribution >= 4 is 28.8 Å². The number of amides is 1. The Morgan fingerprint density at radius 1 is 1.20 bits per heavy atom. The van der Waals surface area contributed by atoms with Crippen LogP contribution in [0.1, 0.15) is 21.5 Å². The Kier molecular flexibility index (Phi) is 4.43. The Labute approximate surface area is 145 Å². The first kappa shape index (κ1) is 16.6. The molecule has 25 heavy (non-hydrogen) atoms. The van der Waals surface area contributed by atoms with E-state index in [-0.39, 0.29) is 5.91 Å². The molecule has 1 amide bonds. The minimum atomic E-state index is -0.471. The number of methoxy groups -OCH3 is 2. The number of benzene rings is 2. The Balaban J connectivity index is 1.91. The van der Waals surface area contributed by atoms with Crippen molar-refractivity contribution in [3.05, 3.63) is 59.3 Å². The largest absolute Gasteiger partial charge is 0.496 e. The number of aryl methyl sites for hydroxylation is 1. The highest BCUT2D eigenvalue weighted by Crippen LogP contribution is 2.34. The standard InChI is InChI=1S/C19H18N2O4/c1-11-5-4-6-15-17(11)14(18(22)21-15)10-20-12-7-8-13(19(23)25-3)16(9-12)24-2/h4-10,20H,1-3H3,(H,21,22)/b14-10-. The van der Waals surface area contributed by atoms with Gasteiger partial charge in [-0.15, -0.1) is 0 Å². The molecule has 1 aliphatic heterocycles. The number of carbonyl (C=O) groups excluding carboxylic acids is 2. The lowest BCUT2D eigenvalue weighted by atomic mass is 10.0. The quantitative estimate of drug-likeness (QED) is 0.661. The number of fused-ring (bicyclic) bond motifs is 1. The smallest absolute Gasteiger partial charge is 0.341 e. The third kappa shape index (κ3) is 3.06. The van der Waals surface area contributed by atoms with Crippen LogP contribution in [-0.2, 0) is 9.53 Å². The molecule has 0 saturated carbocycles. The summed E-state index contributed by atoms with van der Waals surface area (Å²) in [5.41, 5.74) is 4.29. The lowest BCUT2D eigenvalue weighted by molar-refractivity contribution is -0.110. The zero-order valence-corrected chi connectivity index (χ0v) is 14.2. The molecule has 0 fully saturated rings. The predicted octanol–water partition coefficient (Wildman–Crippen LogP) is 3.20. The van der Waals surface area contributed by atoms with Gasteiger partial charge < -0.3 is 20.1 Å². The summed E-state index contributed by atoms with van der Waals surface area (Å²) in [4.78, 5) is 23.9. The average molecular weight is 338 g/mol. The molecule has 0 spiro atoms. The van der Waals surface area contributed by atoms with Crippen LogP contribution in [0.2, 0.25) is 0 Å². The molecule has 2 N–H and O–H groups in total. The van der Waals surface area contributed by atoms with E-state index in [0.29, 0.717) is 22.6 Å².